The van der Waals surface area contributed by atoms with Gasteiger partial charge in [0.1, 0.15) is 5.54 Å². The van der Waals surface area contributed by atoms with Gasteiger partial charge in [0.15, 0.2) is 0 Å². The van der Waals surface area contributed by atoms with E-state index in [9.17, 15) is 9.90 Å². The van der Waals surface area contributed by atoms with Crippen LogP contribution in [0.25, 0.3) is 0 Å². The summed E-state index contributed by atoms with van der Waals surface area (Å²) >= 11 is 0. The van der Waals surface area contributed by atoms with E-state index in [-0.39, 0.29) is 0 Å². The molecule has 94 valence electrons. The molecule has 0 saturated carbocycles. The number of nitrogens with zero attached hydrogens (tertiary/aromatic N) is 1. The number of carbonyl (C=O) groups is 1. The molecule has 0 aliphatic heterocycles. The highest BCUT2D eigenvalue weighted by Crippen LogP contribution is 2.27. The highest BCUT2D eigenvalue weighted by atomic mass is 16.4. The van der Waals surface area contributed by atoms with Crippen LogP contribution in [0.1, 0.15) is 32.3 Å². The molecule has 0 aliphatic carbocycles. The molecule has 0 amide bonds. The topological polar surface area (TPSA) is 40.5 Å². The molecule has 3 heteroatoms. The predicted molar refractivity (Wildman–Crippen MR) is 70.5 cm³/mol. The number of hydrogen-bond acceptors (Lipinski definition) is 2. The molecule has 0 heterocycles. The number of benzene rings is 1. The monoisotopic (exact) mass is 235 g/mol. The second-order valence-electron chi connectivity index (χ2n) is 4.73. The Labute approximate surface area is 103 Å². The molecule has 17 heavy (non-hydrogen) atoms. The molecule has 0 aromatic heterocycles. The normalized spacial score (nSPS) is 14.1. The van der Waals surface area contributed by atoms with Crippen LogP contribution in [0.4, 0.5) is 5.69 Å². The standard InChI is InChI=1S/C14H21NO2/c1-5-9-14(3,13(16)17)15(4)12-8-6-7-11(2)10-12/h6-8,10H,5,9H2,1-4H3,(H,16,17). The molecule has 3 nitrogen and oxygen atoms in total. The minimum Gasteiger partial charge on any atom is -0.480 e. The third-order valence-electron chi connectivity index (χ3n) is 3.33. The van der Waals surface area contributed by atoms with Crippen LogP contribution in [-0.2, 0) is 4.79 Å². The number of aryl methyl sites for hydroxylation is 1. The fraction of sp³-hybridized carbons (Fsp3) is 0.500. The van der Waals surface area contributed by atoms with Gasteiger partial charge in [-0.2, -0.15) is 0 Å². The summed E-state index contributed by atoms with van der Waals surface area (Å²) in [5, 5.41) is 9.42. The number of likely N-dealkylation sites (N-methyl/N-ethyl adjacent to an activating group) is 1. The number of rotatable bonds is 5. The Kier molecular flexibility index (Phi) is 4.16. The summed E-state index contributed by atoms with van der Waals surface area (Å²) in [5.74, 6) is -0.775. The number of carboxylic acid groups (broad SMARTS) is 1. The van der Waals surface area contributed by atoms with Crippen LogP contribution in [0.2, 0.25) is 0 Å². The molecule has 1 atom stereocenters. The van der Waals surface area contributed by atoms with Crippen molar-refractivity contribution in [1.29, 1.82) is 0 Å². The van der Waals surface area contributed by atoms with Gasteiger partial charge in [-0.15, -0.1) is 0 Å². The van der Waals surface area contributed by atoms with Gasteiger partial charge in [-0.25, -0.2) is 4.79 Å². The van der Waals surface area contributed by atoms with Crippen LogP contribution in [0.5, 0.6) is 0 Å². The van der Waals surface area contributed by atoms with Gasteiger partial charge < -0.3 is 10.0 Å². The van der Waals surface area contributed by atoms with Crippen LogP contribution in [0.3, 0.4) is 0 Å². The summed E-state index contributed by atoms with van der Waals surface area (Å²) in [6.45, 7) is 5.79. The molecule has 0 radical (unpaired) electrons. The van der Waals surface area contributed by atoms with E-state index >= 15 is 0 Å². The lowest BCUT2D eigenvalue weighted by molar-refractivity contribution is -0.143. The second-order valence-corrected chi connectivity index (χ2v) is 4.73. The highest BCUT2D eigenvalue weighted by molar-refractivity contribution is 5.83. The van der Waals surface area contributed by atoms with E-state index in [0.29, 0.717) is 6.42 Å². The molecule has 0 bridgehead atoms. The first-order valence-corrected chi connectivity index (χ1v) is 5.95. The minimum atomic E-state index is -0.845. The van der Waals surface area contributed by atoms with E-state index in [0.717, 1.165) is 17.7 Å². The Morgan fingerprint density at radius 1 is 1.47 bits per heavy atom. The van der Waals surface area contributed by atoms with E-state index in [4.69, 9.17) is 0 Å². The maximum absolute atomic E-state index is 11.5. The maximum atomic E-state index is 11.5. The molecule has 0 spiro atoms. The molecular formula is C14H21NO2. The Balaban J connectivity index is 3.08. The lowest BCUT2D eigenvalue weighted by Crippen LogP contribution is -2.50. The van der Waals surface area contributed by atoms with Gasteiger partial charge in [0.05, 0.1) is 0 Å². The Hall–Kier alpha value is -1.51. The zero-order valence-electron chi connectivity index (χ0n) is 11.0. The third-order valence-corrected chi connectivity index (χ3v) is 3.33. The van der Waals surface area contributed by atoms with E-state index < -0.39 is 11.5 Å². The molecular weight excluding hydrogens is 214 g/mol. The van der Waals surface area contributed by atoms with Gasteiger partial charge in [-0.1, -0.05) is 25.5 Å². The van der Waals surface area contributed by atoms with Crippen molar-refractivity contribution in [3.05, 3.63) is 29.8 Å². The van der Waals surface area contributed by atoms with Crippen molar-refractivity contribution < 1.29 is 9.90 Å². The summed E-state index contributed by atoms with van der Waals surface area (Å²) in [6, 6.07) is 7.92. The maximum Gasteiger partial charge on any atom is 0.329 e. The van der Waals surface area contributed by atoms with Gasteiger partial charge in [-0.3, -0.25) is 0 Å². The van der Waals surface area contributed by atoms with E-state index in [1.807, 2.05) is 50.1 Å². The van der Waals surface area contributed by atoms with Crippen LogP contribution < -0.4 is 4.90 Å². The Morgan fingerprint density at radius 2 is 2.12 bits per heavy atom. The summed E-state index contributed by atoms with van der Waals surface area (Å²) in [7, 11) is 1.85. The third kappa shape index (κ3) is 2.78. The van der Waals surface area contributed by atoms with Gasteiger partial charge in [0.2, 0.25) is 0 Å². The molecule has 1 N–H and O–H groups in total. The van der Waals surface area contributed by atoms with E-state index in [1.54, 1.807) is 6.92 Å². The molecule has 1 aromatic carbocycles. The molecule has 0 fully saturated rings. The van der Waals surface area contributed by atoms with Crippen molar-refractivity contribution in [3.63, 3.8) is 0 Å². The summed E-state index contributed by atoms with van der Waals surface area (Å²) in [5.41, 5.74) is 1.24. The lowest BCUT2D eigenvalue weighted by Gasteiger charge is -2.37. The van der Waals surface area contributed by atoms with Crippen LogP contribution in [-0.4, -0.2) is 23.7 Å². The van der Waals surface area contributed by atoms with Crippen molar-refractivity contribution in [2.45, 2.75) is 39.2 Å². The quantitative estimate of drug-likeness (QED) is 0.852. The fourth-order valence-electron chi connectivity index (χ4n) is 2.03. The smallest absolute Gasteiger partial charge is 0.329 e. The average molecular weight is 235 g/mol. The zero-order valence-corrected chi connectivity index (χ0v) is 11.0. The van der Waals surface area contributed by atoms with Crippen molar-refractivity contribution in [2.75, 3.05) is 11.9 Å². The molecule has 1 unspecified atom stereocenters. The SMILES string of the molecule is CCCC(C)(C(=O)O)N(C)c1cccc(C)c1. The van der Waals surface area contributed by atoms with Crippen molar-refractivity contribution in [2.24, 2.45) is 0 Å². The van der Waals surface area contributed by atoms with Gasteiger partial charge in [0, 0.05) is 12.7 Å². The number of anilines is 1. The largest absolute Gasteiger partial charge is 0.480 e. The zero-order chi connectivity index (χ0) is 13.1. The summed E-state index contributed by atoms with van der Waals surface area (Å²) in [4.78, 5) is 13.3. The van der Waals surface area contributed by atoms with Crippen molar-refractivity contribution in [1.82, 2.24) is 0 Å². The van der Waals surface area contributed by atoms with Crippen molar-refractivity contribution in [3.8, 4) is 0 Å². The molecule has 0 aliphatic rings. The number of aliphatic carboxylic acids is 1. The van der Waals surface area contributed by atoms with Crippen LogP contribution >= 0.6 is 0 Å². The second kappa shape index (κ2) is 5.21. The minimum absolute atomic E-state index is 0.632. The Bertz CT molecular complexity index is 403. The van der Waals surface area contributed by atoms with Gasteiger partial charge in [-0.05, 0) is 38.0 Å². The van der Waals surface area contributed by atoms with Crippen LogP contribution in [0.15, 0.2) is 24.3 Å². The first kappa shape index (κ1) is 13.6. The summed E-state index contributed by atoms with van der Waals surface area (Å²) < 4.78 is 0. The van der Waals surface area contributed by atoms with E-state index in [1.165, 1.54) is 0 Å². The number of carboxylic acids is 1. The van der Waals surface area contributed by atoms with Gasteiger partial charge in [0.25, 0.3) is 0 Å². The lowest BCUT2D eigenvalue weighted by atomic mass is 9.93. The fourth-order valence-corrected chi connectivity index (χ4v) is 2.03. The van der Waals surface area contributed by atoms with E-state index in [2.05, 4.69) is 0 Å². The first-order chi connectivity index (χ1) is 7.91. The highest BCUT2D eigenvalue weighted by Gasteiger charge is 2.36. The molecule has 0 saturated heterocycles. The first-order valence-electron chi connectivity index (χ1n) is 5.95. The summed E-state index contributed by atoms with van der Waals surface area (Å²) in [6.07, 6.45) is 1.48. The predicted octanol–water partition coefficient (Wildman–Crippen LogP) is 3.07. The number of hydrogen-bond donors (Lipinski definition) is 1. The van der Waals surface area contributed by atoms with Crippen LogP contribution in [0, 0.1) is 6.92 Å². The molecule has 1 aromatic rings. The van der Waals surface area contributed by atoms with Gasteiger partial charge >= 0.3 is 5.97 Å². The molecule has 1 rings (SSSR count). The average Bonchev–Trinajstić information content (AvgIpc) is 2.28. The Morgan fingerprint density at radius 3 is 2.59 bits per heavy atom. The van der Waals surface area contributed by atoms with Crippen molar-refractivity contribution >= 4 is 11.7 Å².